The van der Waals surface area contributed by atoms with Crippen molar-refractivity contribution in [2.45, 2.75) is 18.9 Å². The number of likely N-dealkylation sites (N-methyl/N-ethyl adjacent to an activating group) is 1. The number of hydrogen-bond donors (Lipinski definition) is 1. The second-order valence-electron chi connectivity index (χ2n) is 4.19. The molecule has 0 saturated carbocycles. The summed E-state index contributed by atoms with van der Waals surface area (Å²) < 4.78 is 0.843. The number of thiophene rings is 1. The Kier molecular flexibility index (Phi) is 3.52. The molecular formula is C11H15ClN2OS. The molecule has 1 aliphatic carbocycles. The first-order valence-corrected chi connectivity index (χ1v) is 6.49. The van der Waals surface area contributed by atoms with Gasteiger partial charge in [0.1, 0.15) is 0 Å². The summed E-state index contributed by atoms with van der Waals surface area (Å²) in [5.74, 6) is 0.106. The van der Waals surface area contributed by atoms with Gasteiger partial charge in [-0.3, -0.25) is 4.79 Å². The van der Waals surface area contributed by atoms with E-state index in [1.807, 2.05) is 6.07 Å². The van der Waals surface area contributed by atoms with E-state index in [0.29, 0.717) is 12.6 Å². The Morgan fingerprint density at radius 2 is 2.44 bits per heavy atom. The molecule has 0 aliphatic heterocycles. The zero-order valence-corrected chi connectivity index (χ0v) is 11.0. The highest BCUT2D eigenvalue weighted by Crippen LogP contribution is 2.39. The van der Waals surface area contributed by atoms with Gasteiger partial charge in [-0.05, 0) is 24.5 Å². The molecule has 1 amide bonds. The summed E-state index contributed by atoms with van der Waals surface area (Å²) in [4.78, 5) is 14.4. The average Bonchev–Trinajstić information content (AvgIpc) is 2.73. The SMILES string of the molecule is CN(C)C(=O)CNC1CCc2sc(Cl)cc21. The van der Waals surface area contributed by atoms with Crippen LogP contribution < -0.4 is 5.32 Å². The largest absolute Gasteiger partial charge is 0.348 e. The smallest absolute Gasteiger partial charge is 0.236 e. The molecule has 88 valence electrons. The molecule has 0 aromatic carbocycles. The van der Waals surface area contributed by atoms with Crippen LogP contribution in [0.25, 0.3) is 0 Å². The number of nitrogens with zero attached hydrogens (tertiary/aromatic N) is 1. The summed E-state index contributed by atoms with van der Waals surface area (Å²) in [6.45, 7) is 0.393. The first-order valence-electron chi connectivity index (χ1n) is 5.29. The third-order valence-corrected chi connectivity index (χ3v) is 4.19. The quantitative estimate of drug-likeness (QED) is 0.900. The van der Waals surface area contributed by atoms with Gasteiger partial charge in [-0.2, -0.15) is 0 Å². The molecule has 16 heavy (non-hydrogen) atoms. The maximum atomic E-state index is 11.5. The Hall–Kier alpha value is -0.580. The zero-order chi connectivity index (χ0) is 11.7. The second kappa shape index (κ2) is 4.73. The van der Waals surface area contributed by atoms with Crippen molar-refractivity contribution in [2.75, 3.05) is 20.6 Å². The van der Waals surface area contributed by atoms with E-state index >= 15 is 0 Å². The van der Waals surface area contributed by atoms with Crippen LogP contribution in [0.2, 0.25) is 4.34 Å². The van der Waals surface area contributed by atoms with Crippen molar-refractivity contribution in [2.24, 2.45) is 0 Å². The molecule has 0 radical (unpaired) electrons. The molecule has 0 fully saturated rings. The van der Waals surface area contributed by atoms with E-state index in [2.05, 4.69) is 5.32 Å². The maximum absolute atomic E-state index is 11.5. The lowest BCUT2D eigenvalue weighted by Crippen LogP contribution is -2.34. The Balaban J connectivity index is 1.95. The van der Waals surface area contributed by atoms with Crippen molar-refractivity contribution in [3.63, 3.8) is 0 Å². The molecule has 1 aromatic rings. The number of fused-ring (bicyclic) bond motifs is 1. The van der Waals surface area contributed by atoms with Crippen molar-refractivity contribution in [3.05, 3.63) is 20.8 Å². The van der Waals surface area contributed by atoms with Crippen LogP contribution in [0.4, 0.5) is 0 Å². The van der Waals surface area contributed by atoms with Crippen LogP contribution in [-0.4, -0.2) is 31.4 Å². The molecule has 1 aromatic heterocycles. The number of aryl methyl sites for hydroxylation is 1. The van der Waals surface area contributed by atoms with Crippen LogP contribution >= 0.6 is 22.9 Å². The van der Waals surface area contributed by atoms with E-state index in [4.69, 9.17) is 11.6 Å². The van der Waals surface area contributed by atoms with Gasteiger partial charge in [0.25, 0.3) is 0 Å². The summed E-state index contributed by atoms with van der Waals surface area (Å²) in [5.41, 5.74) is 1.28. The summed E-state index contributed by atoms with van der Waals surface area (Å²) in [6.07, 6.45) is 2.14. The minimum Gasteiger partial charge on any atom is -0.348 e. The van der Waals surface area contributed by atoms with E-state index in [9.17, 15) is 4.79 Å². The lowest BCUT2D eigenvalue weighted by atomic mass is 10.2. The Bertz CT molecular complexity index is 403. The highest BCUT2D eigenvalue weighted by atomic mass is 35.5. The van der Waals surface area contributed by atoms with Crippen LogP contribution in [0.1, 0.15) is 22.9 Å². The van der Waals surface area contributed by atoms with Gasteiger partial charge in [-0.25, -0.2) is 0 Å². The van der Waals surface area contributed by atoms with Crippen molar-refractivity contribution < 1.29 is 4.79 Å². The molecule has 1 aliphatic rings. The van der Waals surface area contributed by atoms with Crippen molar-refractivity contribution in [1.82, 2.24) is 10.2 Å². The summed E-state index contributed by atoms with van der Waals surface area (Å²) >= 11 is 7.62. The molecule has 5 heteroatoms. The lowest BCUT2D eigenvalue weighted by molar-refractivity contribution is -0.127. The van der Waals surface area contributed by atoms with Gasteiger partial charge < -0.3 is 10.2 Å². The van der Waals surface area contributed by atoms with E-state index in [0.717, 1.165) is 17.2 Å². The van der Waals surface area contributed by atoms with Crippen molar-refractivity contribution >= 4 is 28.8 Å². The first kappa shape index (κ1) is 11.9. The van der Waals surface area contributed by atoms with E-state index < -0.39 is 0 Å². The number of amides is 1. The number of nitrogens with one attached hydrogen (secondary N) is 1. The predicted molar refractivity (Wildman–Crippen MR) is 67.1 cm³/mol. The van der Waals surface area contributed by atoms with Crippen molar-refractivity contribution in [3.8, 4) is 0 Å². The molecule has 1 atom stereocenters. The Morgan fingerprint density at radius 3 is 3.12 bits per heavy atom. The molecule has 1 N–H and O–H groups in total. The second-order valence-corrected chi connectivity index (χ2v) is 5.96. The van der Waals surface area contributed by atoms with Gasteiger partial charge in [0.15, 0.2) is 0 Å². The molecule has 0 spiro atoms. The number of rotatable bonds is 3. The normalized spacial score (nSPS) is 18.6. The fourth-order valence-electron chi connectivity index (χ4n) is 1.91. The number of carbonyl (C=O) groups is 1. The van der Waals surface area contributed by atoms with E-state index in [-0.39, 0.29) is 5.91 Å². The molecule has 1 unspecified atom stereocenters. The fraction of sp³-hybridized carbons (Fsp3) is 0.545. The van der Waals surface area contributed by atoms with Crippen LogP contribution in [0.5, 0.6) is 0 Å². The van der Waals surface area contributed by atoms with Crippen LogP contribution in [0.3, 0.4) is 0 Å². The first-order chi connectivity index (χ1) is 7.58. The lowest BCUT2D eigenvalue weighted by Gasteiger charge is -2.15. The monoisotopic (exact) mass is 258 g/mol. The Morgan fingerprint density at radius 1 is 1.69 bits per heavy atom. The summed E-state index contributed by atoms with van der Waals surface area (Å²) in [7, 11) is 3.54. The number of hydrogen-bond acceptors (Lipinski definition) is 3. The summed E-state index contributed by atoms with van der Waals surface area (Å²) in [5, 5.41) is 3.29. The van der Waals surface area contributed by atoms with Gasteiger partial charge in [0.2, 0.25) is 5.91 Å². The average molecular weight is 259 g/mol. The van der Waals surface area contributed by atoms with E-state index in [1.54, 1.807) is 30.3 Å². The Labute approximate surface area is 104 Å². The molecule has 0 saturated heterocycles. The minimum atomic E-state index is 0.106. The third-order valence-electron chi connectivity index (χ3n) is 2.85. The predicted octanol–water partition coefficient (Wildman–Crippen LogP) is 2.07. The minimum absolute atomic E-state index is 0.106. The van der Waals surface area contributed by atoms with Crippen LogP contribution in [0, 0.1) is 0 Å². The number of carbonyl (C=O) groups excluding carboxylic acids is 1. The molecule has 2 rings (SSSR count). The summed E-state index contributed by atoms with van der Waals surface area (Å²) in [6, 6.07) is 2.31. The highest BCUT2D eigenvalue weighted by Gasteiger charge is 2.25. The third kappa shape index (κ3) is 2.39. The van der Waals surface area contributed by atoms with Gasteiger partial charge in [-0.1, -0.05) is 11.6 Å². The van der Waals surface area contributed by atoms with E-state index in [1.165, 1.54) is 10.4 Å². The fourth-order valence-corrected chi connectivity index (χ4v) is 3.27. The van der Waals surface area contributed by atoms with Gasteiger partial charge in [0, 0.05) is 25.0 Å². The molecule has 0 bridgehead atoms. The molecule has 3 nitrogen and oxygen atoms in total. The molecular weight excluding hydrogens is 244 g/mol. The van der Waals surface area contributed by atoms with Gasteiger partial charge >= 0.3 is 0 Å². The topological polar surface area (TPSA) is 32.3 Å². The van der Waals surface area contributed by atoms with Crippen molar-refractivity contribution in [1.29, 1.82) is 0 Å². The maximum Gasteiger partial charge on any atom is 0.236 e. The number of halogens is 1. The van der Waals surface area contributed by atoms with Crippen LogP contribution in [0.15, 0.2) is 6.07 Å². The zero-order valence-electron chi connectivity index (χ0n) is 9.42. The van der Waals surface area contributed by atoms with Gasteiger partial charge in [0.05, 0.1) is 10.9 Å². The van der Waals surface area contributed by atoms with Gasteiger partial charge in [-0.15, -0.1) is 11.3 Å². The standard InChI is InChI=1S/C11H15ClN2OS/c1-14(2)11(15)6-13-8-3-4-9-7(8)5-10(12)16-9/h5,8,13H,3-4,6H2,1-2H3. The molecule has 1 heterocycles. The highest BCUT2D eigenvalue weighted by molar-refractivity contribution is 7.16. The van der Waals surface area contributed by atoms with Crippen LogP contribution in [-0.2, 0) is 11.2 Å².